The van der Waals surface area contributed by atoms with E-state index in [4.69, 9.17) is 4.74 Å². The molecule has 1 saturated carbocycles. The lowest BCUT2D eigenvalue weighted by atomic mass is 9.89. The molecule has 2 N–H and O–H groups in total. The number of ether oxygens (including phenoxy) is 1. The number of rotatable bonds is 9. The van der Waals surface area contributed by atoms with Gasteiger partial charge in [-0.2, -0.15) is 13.2 Å². The van der Waals surface area contributed by atoms with Crippen LogP contribution in [-0.2, 0) is 4.79 Å². The number of hydrogen-bond acceptors (Lipinski definition) is 5. The fourth-order valence-corrected chi connectivity index (χ4v) is 5.19. The molecule has 2 aliphatic rings. The number of aliphatic hydroxyl groups is 1. The van der Waals surface area contributed by atoms with Crippen molar-refractivity contribution in [1.82, 2.24) is 9.80 Å². The Morgan fingerprint density at radius 3 is 2.59 bits per heavy atom. The number of hydrogen-bond donors (Lipinski definition) is 2. The Morgan fingerprint density at radius 2 is 1.95 bits per heavy atom. The molecule has 0 unspecified atom stereocenters. The van der Waals surface area contributed by atoms with Crippen LogP contribution >= 0.6 is 0 Å². The third kappa shape index (κ3) is 8.60. The van der Waals surface area contributed by atoms with Gasteiger partial charge in [0.25, 0.3) is 5.91 Å². The Balaban J connectivity index is 1.80. The van der Waals surface area contributed by atoms with Crippen LogP contribution in [0.15, 0.2) is 18.2 Å². The first-order valence-corrected chi connectivity index (χ1v) is 13.2. The molecule has 1 heterocycles. The third-order valence-electron chi connectivity index (χ3n) is 7.37. The van der Waals surface area contributed by atoms with E-state index in [1.807, 2.05) is 6.92 Å². The first-order valence-electron chi connectivity index (χ1n) is 13.2. The second-order valence-electron chi connectivity index (χ2n) is 10.7. The van der Waals surface area contributed by atoms with Gasteiger partial charge in [0, 0.05) is 37.7 Å². The van der Waals surface area contributed by atoms with E-state index >= 15 is 0 Å². The fraction of sp³-hybridized carbons (Fsp3) is 0.704. The van der Waals surface area contributed by atoms with Crippen molar-refractivity contribution in [2.45, 2.75) is 77.1 Å². The van der Waals surface area contributed by atoms with Crippen LogP contribution in [0.1, 0.15) is 69.2 Å². The molecule has 0 radical (unpaired) electrons. The minimum Gasteiger partial charge on any atom is -0.488 e. The van der Waals surface area contributed by atoms with Gasteiger partial charge in [-0.1, -0.05) is 26.2 Å². The van der Waals surface area contributed by atoms with Crippen molar-refractivity contribution in [2.24, 2.45) is 11.8 Å². The van der Waals surface area contributed by atoms with Gasteiger partial charge in [0.2, 0.25) is 5.91 Å². The summed E-state index contributed by atoms with van der Waals surface area (Å²) >= 11 is 0. The number of benzene rings is 1. The summed E-state index contributed by atoms with van der Waals surface area (Å²) in [5.41, 5.74) is 0.430. The fourth-order valence-electron chi connectivity index (χ4n) is 5.19. The first-order chi connectivity index (χ1) is 17.5. The van der Waals surface area contributed by atoms with E-state index in [9.17, 15) is 27.9 Å². The second kappa shape index (κ2) is 13.0. The number of halogens is 3. The Labute approximate surface area is 217 Å². The highest BCUT2D eigenvalue weighted by Gasteiger charge is 2.34. The average molecular weight is 528 g/mol. The zero-order chi connectivity index (χ0) is 27.2. The number of nitrogens with one attached hydrogen (secondary N) is 1. The molecule has 208 valence electrons. The number of carbonyl (C=O) groups excluding carboxylic acids is 2. The number of fused-ring (bicyclic) bond motifs is 1. The molecule has 1 aliphatic heterocycles. The quantitative estimate of drug-likeness (QED) is 0.487. The lowest BCUT2D eigenvalue weighted by molar-refractivity contribution is -0.142. The molecule has 1 aliphatic carbocycles. The van der Waals surface area contributed by atoms with E-state index in [0.717, 1.165) is 6.54 Å². The van der Waals surface area contributed by atoms with Crippen LogP contribution in [0.4, 0.5) is 18.9 Å². The minimum atomic E-state index is -4.43. The van der Waals surface area contributed by atoms with Crippen LogP contribution in [0.2, 0.25) is 0 Å². The summed E-state index contributed by atoms with van der Waals surface area (Å²) in [5.74, 6) is -0.125. The summed E-state index contributed by atoms with van der Waals surface area (Å²) < 4.78 is 43.8. The summed E-state index contributed by atoms with van der Waals surface area (Å²) in [5, 5.41) is 12.3. The van der Waals surface area contributed by atoms with Crippen LogP contribution in [0, 0.1) is 11.8 Å². The average Bonchev–Trinajstić information content (AvgIpc) is 2.85. The standard InChI is InChI=1S/C27H40F3N3O4/c1-18-14-33(19(2)17-34)26(36)22-13-21(31-25(35)11-12-27(28,29)30)9-10-23(22)37-24(18)16-32(3)15-20-7-5-4-6-8-20/h9-10,13,18-20,24,34H,4-8,11-12,14-17H2,1-3H3,(H,31,35)/t18-,19+,24-/m1/s1. The van der Waals surface area contributed by atoms with Gasteiger partial charge in [0.1, 0.15) is 11.9 Å². The molecule has 0 saturated heterocycles. The number of anilines is 1. The molecule has 1 aromatic carbocycles. The zero-order valence-corrected chi connectivity index (χ0v) is 22.0. The molecule has 0 bridgehead atoms. The molecule has 7 nitrogen and oxygen atoms in total. The predicted molar refractivity (Wildman–Crippen MR) is 136 cm³/mol. The van der Waals surface area contributed by atoms with Crippen molar-refractivity contribution in [2.75, 3.05) is 38.6 Å². The van der Waals surface area contributed by atoms with Crippen LogP contribution in [0.3, 0.4) is 0 Å². The van der Waals surface area contributed by atoms with Crippen molar-refractivity contribution in [3.05, 3.63) is 23.8 Å². The summed E-state index contributed by atoms with van der Waals surface area (Å²) in [7, 11) is 2.09. The molecule has 10 heteroatoms. The summed E-state index contributed by atoms with van der Waals surface area (Å²) in [4.78, 5) is 29.4. The summed E-state index contributed by atoms with van der Waals surface area (Å²) in [6, 6.07) is 4.12. The Hall–Kier alpha value is -2.33. The van der Waals surface area contributed by atoms with E-state index in [1.54, 1.807) is 17.9 Å². The van der Waals surface area contributed by atoms with Gasteiger partial charge in [-0.3, -0.25) is 9.59 Å². The summed E-state index contributed by atoms with van der Waals surface area (Å²) in [6.07, 6.45) is -0.250. The molecule has 3 rings (SSSR count). The maximum atomic E-state index is 13.5. The van der Waals surface area contributed by atoms with E-state index in [0.29, 0.717) is 24.8 Å². The highest BCUT2D eigenvalue weighted by molar-refractivity contribution is 5.99. The molecule has 0 aromatic heterocycles. The number of carbonyl (C=O) groups is 2. The molecule has 1 fully saturated rings. The van der Waals surface area contributed by atoms with Crippen LogP contribution < -0.4 is 10.1 Å². The second-order valence-corrected chi connectivity index (χ2v) is 10.7. The summed E-state index contributed by atoms with van der Waals surface area (Å²) in [6.45, 7) is 5.61. The van der Waals surface area contributed by atoms with Gasteiger partial charge in [0.05, 0.1) is 24.6 Å². The van der Waals surface area contributed by atoms with Crippen molar-refractivity contribution in [1.29, 1.82) is 0 Å². The first kappa shape index (κ1) is 29.2. The normalized spacial score (nSPS) is 22.2. The van der Waals surface area contributed by atoms with Crippen LogP contribution in [0.5, 0.6) is 5.75 Å². The van der Waals surface area contributed by atoms with Crippen molar-refractivity contribution < 1.29 is 32.6 Å². The van der Waals surface area contributed by atoms with Crippen molar-refractivity contribution >= 4 is 17.5 Å². The van der Waals surface area contributed by atoms with Crippen molar-refractivity contribution in [3.63, 3.8) is 0 Å². The Morgan fingerprint density at radius 1 is 1.24 bits per heavy atom. The molecule has 37 heavy (non-hydrogen) atoms. The molecular weight excluding hydrogens is 487 g/mol. The predicted octanol–water partition coefficient (Wildman–Crippen LogP) is 4.70. The highest BCUT2D eigenvalue weighted by atomic mass is 19.4. The topological polar surface area (TPSA) is 82.1 Å². The Kier molecular flexibility index (Phi) is 10.2. The van der Waals surface area contributed by atoms with Gasteiger partial charge in [-0.05, 0) is 50.9 Å². The number of nitrogens with zero attached hydrogens (tertiary/aromatic N) is 2. The van der Waals surface area contributed by atoms with E-state index in [2.05, 4.69) is 17.3 Å². The number of alkyl halides is 3. The van der Waals surface area contributed by atoms with Gasteiger partial charge in [-0.15, -0.1) is 0 Å². The lowest BCUT2D eigenvalue weighted by Crippen LogP contribution is -2.50. The number of likely N-dealkylation sites (N-methyl/N-ethyl adjacent to an activating group) is 1. The molecule has 3 atom stereocenters. The van der Waals surface area contributed by atoms with Crippen LogP contribution in [0.25, 0.3) is 0 Å². The molecular formula is C27H40F3N3O4. The van der Waals surface area contributed by atoms with Gasteiger partial charge in [0.15, 0.2) is 0 Å². The van der Waals surface area contributed by atoms with E-state index in [-0.39, 0.29) is 35.8 Å². The van der Waals surface area contributed by atoms with Crippen LogP contribution in [-0.4, -0.2) is 78.3 Å². The lowest BCUT2D eigenvalue weighted by Gasteiger charge is -2.38. The maximum absolute atomic E-state index is 13.5. The third-order valence-corrected chi connectivity index (χ3v) is 7.37. The SMILES string of the molecule is C[C@@H]1CN([C@@H](C)CO)C(=O)c2cc(NC(=O)CCC(F)(F)F)ccc2O[C@@H]1CN(C)CC1CCCCC1. The zero-order valence-electron chi connectivity index (χ0n) is 22.0. The van der Waals surface area contributed by atoms with E-state index in [1.165, 1.54) is 44.2 Å². The molecule has 2 amide bonds. The molecule has 1 aromatic rings. The van der Waals surface area contributed by atoms with Crippen molar-refractivity contribution in [3.8, 4) is 5.75 Å². The van der Waals surface area contributed by atoms with Gasteiger partial charge < -0.3 is 25.0 Å². The Bertz CT molecular complexity index is 921. The minimum absolute atomic E-state index is 0.0124. The van der Waals surface area contributed by atoms with E-state index < -0.39 is 31.0 Å². The molecule has 0 spiro atoms. The monoisotopic (exact) mass is 527 g/mol. The largest absolute Gasteiger partial charge is 0.488 e. The van der Waals surface area contributed by atoms with Gasteiger partial charge in [-0.25, -0.2) is 0 Å². The van der Waals surface area contributed by atoms with Gasteiger partial charge >= 0.3 is 6.18 Å². The smallest absolute Gasteiger partial charge is 0.389 e. The number of amides is 2. The number of aliphatic hydroxyl groups excluding tert-OH is 1. The highest BCUT2D eigenvalue weighted by Crippen LogP contribution is 2.31. The maximum Gasteiger partial charge on any atom is 0.389 e.